The van der Waals surface area contributed by atoms with Crippen LogP contribution in [0.15, 0.2) is 45.5 Å². The maximum Gasteiger partial charge on any atom is 0.263 e. The third kappa shape index (κ3) is 3.62. The lowest BCUT2D eigenvalue weighted by molar-refractivity contribution is -0.120. The summed E-state index contributed by atoms with van der Waals surface area (Å²) in [7, 11) is 0. The van der Waals surface area contributed by atoms with Gasteiger partial charge in [-0.3, -0.25) is 14.2 Å². The molecule has 5 nitrogen and oxygen atoms in total. The van der Waals surface area contributed by atoms with Gasteiger partial charge in [0.1, 0.15) is 4.83 Å². The number of hydrogen-bond acceptors (Lipinski definition) is 6. The molecule has 1 amide bonds. The number of rotatable bonds is 7. The molecule has 3 rings (SSSR count). The Morgan fingerprint density at radius 3 is 2.96 bits per heavy atom. The zero-order valence-electron chi connectivity index (χ0n) is 14.5. The number of amides is 1. The van der Waals surface area contributed by atoms with E-state index >= 15 is 0 Å². The maximum absolute atomic E-state index is 13.1. The molecular weight excluding hydrogens is 386 g/mol. The number of fused-ring (bicyclic) bond motifs is 1. The molecule has 3 heterocycles. The quantitative estimate of drug-likeness (QED) is 0.367. The Kier molecular flexibility index (Phi) is 5.95. The molecular formula is C18H19N3O2S3. The van der Waals surface area contributed by atoms with Crippen LogP contribution in [-0.2, 0) is 11.3 Å². The number of carbonyl (C=O) groups excluding carboxylic acids is 1. The average Bonchev–Trinajstić information content (AvgIpc) is 3.29. The normalized spacial score (nSPS) is 12.2. The number of thioether (sulfide) groups is 1. The molecule has 3 aromatic rings. The Labute approximate surface area is 163 Å². The standard InChI is InChI=1S/C18H19N3O2S3/c1-4-8-19-15(22)11(3)26-18-20-16-14(17(23)21(18)5-2)12(10-25-16)13-7-6-9-24-13/h4,6-7,9-11H,1,5,8H2,2-3H3,(H,19,22)/t11-/m1/s1. The van der Waals surface area contributed by atoms with E-state index in [0.29, 0.717) is 28.5 Å². The van der Waals surface area contributed by atoms with Crippen molar-refractivity contribution < 1.29 is 4.79 Å². The van der Waals surface area contributed by atoms with Gasteiger partial charge in [-0.1, -0.05) is 23.9 Å². The topological polar surface area (TPSA) is 64.0 Å². The smallest absolute Gasteiger partial charge is 0.263 e. The van der Waals surface area contributed by atoms with Crippen LogP contribution in [0.25, 0.3) is 20.7 Å². The van der Waals surface area contributed by atoms with Gasteiger partial charge in [0.05, 0.1) is 10.6 Å². The molecule has 0 bridgehead atoms. The summed E-state index contributed by atoms with van der Waals surface area (Å²) >= 11 is 4.38. The average molecular weight is 406 g/mol. The molecule has 0 aliphatic carbocycles. The first-order chi connectivity index (χ1) is 12.6. The molecule has 0 saturated carbocycles. The van der Waals surface area contributed by atoms with E-state index in [1.54, 1.807) is 22.0 Å². The summed E-state index contributed by atoms with van der Waals surface area (Å²) in [5.41, 5.74) is 0.886. The van der Waals surface area contributed by atoms with Crippen LogP contribution in [0.2, 0.25) is 0 Å². The Morgan fingerprint density at radius 2 is 2.31 bits per heavy atom. The number of nitrogens with zero attached hydrogens (tertiary/aromatic N) is 2. The summed E-state index contributed by atoms with van der Waals surface area (Å²) in [5, 5.41) is 7.64. The number of thiophene rings is 2. The van der Waals surface area contributed by atoms with Crippen molar-refractivity contribution in [1.29, 1.82) is 0 Å². The highest BCUT2D eigenvalue weighted by molar-refractivity contribution is 8.00. The molecule has 0 radical (unpaired) electrons. The van der Waals surface area contributed by atoms with Crippen LogP contribution in [0, 0.1) is 0 Å². The molecule has 0 fully saturated rings. The van der Waals surface area contributed by atoms with Gasteiger partial charge in [-0.05, 0) is 25.3 Å². The summed E-state index contributed by atoms with van der Waals surface area (Å²) in [5.74, 6) is -0.0997. The Morgan fingerprint density at radius 1 is 1.50 bits per heavy atom. The van der Waals surface area contributed by atoms with Crippen molar-refractivity contribution in [2.45, 2.75) is 30.8 Å². The first kappa shape index (κ1) is 18.9. The molecule has 0 spiro atoms. The molecule has 0 saturated heterocycles. The molecule has 136 valence electrons. The predicted molar refractivity (Wildman–Crippen MR) is 111 cm³/mol. The van der Waals surface area contributed by atoms with Crippen molar-refractivity contribution in [3.63, 3.8) is 0 Å². The van der Waals surface area contributed by atoms with E-state index in [2.05, 4.69) is 16.9 Å². The van der Waals surface area contributed by atoms with Crippen molar-refractivity contribution in [3.8, 4) is 10.4 Å². The molecule has 1 N–H and O–H groups in total. The molecule has 1 atom stereocenters. The second kappa shape index (κ2) is 8.20. The minimum Gasteiger partial charge on any atom is -0.352 e. The molecule has 8 heteroatoms. The Bertz CT molecular complexity index is 989. The molecule has 0 aliphatic rings. The van der Waals surface area contributed by atoms with Gasteiger partial charge < -0.3 is 5.32 Å². The van der Waals surface area contributed by atoms with Crippen LogP contribution < -0.4 is 10.9 Å². The largest absolute Gasteiger partial charge is 0.352 e. The minimum absolute atomic E-state index is 0.0525. The number of carbonyl (C=O) groups is 1. The molecule has 0 aromatic carbocycles. The van der Waals surface area contributed by atoms with Crippen LogP contribution in [0.4, 0.5) is 0 Å². The van der Waals surface area contributed by atoms with Crippen molar-refractivity contribution in [1.82, 2.24) is 14.9 Å². The van der Waals surface area contributed by atoms with E-state index in [9.17, 15) is 9.59 Å². The Hall–Kier alpha value is -1.90. The maximum atomic E-state index is 13.1. The predicted octanol–water partition coefficient (Wildman–Crippen LogP) is 3.99. The lowest BCUT2D eigenvalue weighted by Crippen LogP contribution is -2.32. The third-order valence-electron chi connectivity index (χ3n) is 3.83. The highest BCUT2D eigenvalue weighted by Gasteiger charge is 2.21. The van der Waals surface area contributed by atoms with E-state index in [0.717, 1.165) is 10.4 Å². The Balaban J connectivity index is 2.01. The SMILES string of the molecule is C=CCNC(=O)[C@@H](C)Sc1nc2scc(-c3cccs3)c2c(=O)n1CC. The second-order valence-corrected chi connectivity index (χ2v) is 8.66. The highest BCUT2D eigenvalue weighted by Crippen LogP contribution is 2.35. The summed E-state index contributed by atoms with van der Waals surface area (Å²) in [4.78, 5) is 31.7. The van der Waals surface area contributed by atoms with Gasteiger partial charge in [0, 0.05) is 28.9 Å². The fraction of sp³-hybridized carbons (Fsp3) is 0.278. The zero-order valence-corrected chi connectivity index (χ0v) is 17.0. The first-order valence-corrected chi connectivity index (χ1v) is 10.8. The van der Waals surface area contributed by atoms with Crippen LogP contribution in [0.1, 0.15) is 13.8 Å². The fourth-order valence-corrected chi connectivity index (χ4v) is 5.32. The van der Waals surface area contributed by atoms with Gasteiger partial charge in [-0.15, -0.1) is 29.3 Å². The second-order valence-electron chi connectivity index (χ2n) is 5.54. The molecule has 26 heavy (non-hydrogen) atoms. The van der Waals surface area contributed by atoms with Crippen molar-refractivity contribution in [3.05, 3.63) is 45.9 Å². The fourth-order valence-electron chi connectivity index (χ4n) is 2.52. The van der Waals surface area contributed by atoms with Gasteiger partial charge in [-0.25, -0.2) is 4.98 Å². The van der Waals surface area contributed by atoms with Gasteiger partial charge in [0.15, 0.2) is 5.16 Å². The van der Waals surface area contributed by atoms with Gasteiger partial charge in [-0.2, -0.15) is 0 Å². The van der Waals surface area contributed by atoms with Gasteiger partial charge >= 0.3 is 0 Å². The van der Waals surface area contributed by atoms with Gasteiger partial charge in [0.25, 0.3) is 5.56 Å². The summed E-state index contributed by atoms with van der Waals surface area (Å²) in [6.45, 7) is 8.25. The van der Waals surface area contributed by atoms with E-state index in [1.807, 2.05) is 36.7 Å². The summed E-state index contributed by atoms with van der Waals surface area (Å²) < 4.78 is 1.65. The summed E-state index contributed by atoms with van der Waals surface area (Å²) in [6, 6.07) is 3.99. The molecule has 0 unspecified atom stereocenters. The van der Waals surface area contributed by atoms with Crippen molar-refractivity contribution in [2.75, 3.05) is 6.54 Å². The van der Waals surface area contributed by atoms with E-state index < -0.39 is 0 Å². The van der Waals surface area contributed by atoms with E-state index in [4.69, 9.17) is 0 Å². The minimum atomic E-state index is -0.353. The van der Waals surface area contributed by atoms with Crippen LogP contribution >= 0.6 is 34.4 Å². The third-order valence-corrected chi connectivity index (χ3v) is 6.70. The highest BCUT2D eigenvalue weighted by atomic mass is 32.2. The molecule has 3 aromatic heterocycles. The van der Waals surface area contributed by atoms with E-state index in [1.165, 1.54) is 23.1 Å². The van der Waals surface area contributed by atoms with Gasteiger partial charge in [0.2, 0.25) is 5.91 Å². The van der Waals surface area contributed by atoms with Crippen LogP contribution in [0.3, 0.4) is 0 Å². The van der Waals surface area contributed by atoms with E-state index in [-0.39, 0.29) is 16.7 Å². The monoisotopic (exact) mass is 405 g/mol. The number of hydrogen-bond donors (Lipinski definition) is 1. The number of aromatic nitrogens is 2. The lowest BCUT2D eigenvalue weighted by Gasteiger charge is -2.14. The summed E-state index contributed by atoms with van der Waals surface area (Å²) in [6.07, 6.45) is 1.64. The number of nitrogens with one attached hydrogen (secondary N) is 1. The zero-order chi connectivity index (χ0) is 18.7. The lowest BCUT2D eigenvalue weighted by atomic mass is 10.2. The van der Waals surface area contributed by atoms with Crippen molar-refractivity contribution >= 4 is 50.6 Å². The first-order valence-electron chi connectivity index (χ1n) is 8.18. The van der Waals surface area contributed by atoms with Crippen LogP contribution in [0.5, 0.6) is 0 Å². The van der Waals surface area contributed by atoms with Crippen LogP contribution in [-0.4, -0.2) is 27.3 Å². The molecule has 0 aliphatic heterocycles. The van der Waals surface area contributed by atoms with Crippen molar-refractivity contribution in [2.24, 2.45) is 0 Å².